The zero-order valence-electron chi connectivity index (χ0n) is 6.82. The first-order chi connectivity index (χ1) is 4.62. The SMILES string of the molecule is COC(C)(C)OCCCI. The van der Waals surface area contributed by atoms with E-state index in [4.69, 9.17) is 9.47 Å². The Hall–Kier alpha value is 0.650. The van der Waals surface area contributed by atoms with Crippen LogP contribution in [0.15, 0.2) is 0 Å². The summed E-state index contributed by atoms with van der Waals surface area (Å²) in [5, 5.41) is 0. The average molecular weight is 258 g/mol. The summed E-state index contributed by atoms with van der Waals surface area (Å²) < 4.78 is 11.6. The van der Waals surface area contributed by atoms with Crippen LogP contribution in [0.1, 0.15) is 20.3 Å². The third kappa shape index (κ3) is 5.44. The summed E-state index contributed by atoms with van der Waals surface area (Å²) in [6, 6.07) is 0. The van der Waals surface area contributed by atoms with Crippen molar-refractivity contribution in [1.82, 2.24) is 0 Å². The molecule has 0 amide bonds. The topological polar surface area (TPSA) is 18.5 Å². The third-order valence-electron chi connectivity index (χ3n) is 1.22. The zero-order valence-corrected chi connectivity index (χ0v) is 8.97. The van der Waals surface area contributed by atoms with Gasteiger partial charge < -0.3 is 9.47 Å². The van der Waals surface area contributed by atoms with E-state index in [0.717, 1.165) is 17.5 Å². The molecule has 0 heterocycles. The van der Waals surface area contributed by atoms with Gasteiger partial charge in [-0.2, -0.15) is 0 Å². The average Bonchev–Trinajstić information content (AvgIpc) is 1.89. The van der Waals surface area contributed by atoms with Crippen molar-refractivity contribution in [1.29, 1.82) is 0 Å². The number of ether oxygens (including phenoxy) is 2. The molecular formula is C7H15IO2. The summed E-state index contributed by atoms with van der Waals surface area (Å²) in [4.78, 5) is 0. The maximum Gasteiger partial charge on any atom is 0.162 e. The fourth-order valence-electron chi connectivity index (χ4n) is 0.431. The van der Waals surface area contributed by atoms with E-state index in [9.17, 15) is 0 Å². The molecule has 0 fully saturated rings. The second kappa shape index (κ2) is 5.32. The van der Waals surface area contributed by atoms with E-state index < -0.39 is 5.79 Å². The number of alkyl halides is 1. The summed E-state index contributed by atoms with van der Waals surface area (Å²) in [6.07, 6.45) is 1.09. The van der Waals surface area contributed by atoms with Crippen LogP contribution in [0, 0.1) is 0 Å². The summed E-state index contributed by atoms with van der Waals surface area (Å²) in [6.45, 7) is 4.62. The van der Waals surface area contributed by atoms with Gasteiger partial charge in [0.2, 0.25) is 0 Å². The lowest BCUT2D eigenvalue weighted by Crippen LogP contribution is -2.27. The molecular weight excluding hydrogens is 243 g/mol. The molecule has 0 aromatic heterocycles. The van der Waals surface area contributed by atoms with Gasteiger partial charge in [-0.15, -0.1) is 0 Å². The minimum atomic E-state index is -0.411. The van der Waals surface area contributed by atoms with Gasteiger partial charge in [0.15, 0.2) is 5.79 Å². The number of hydrogen-bond acceptors (Lipinski definition) is 2. The van der Waals surface area contributed by atoms with Crippen molar-refractivity contribution >= 4 is 22.6 Å². The molecule has 0 aliphatic heterocycles. The highest BCUT2D eigenvalue weighted by Gasteiger charge is 2.15. The monoisotopic (exact) mass is 258 g/mol. The molecule has 0 rings (SSSR count). The lowest BCUT2D eigenvalue weighted by Gasteiger charge is -2.22. The molecule has 0 aliphatic rings. The molecule has 0 bridgehead atoms. The van der Waals surface area contributed by atoms with E-state index in [2.05, 4.69) is 22.6 Å². The van der Waals surface area contributed by atoms with E-state index in [1.54, 1.807) is 7.11 Å². The Morgan fingerprint density at radius 3 is 2.40 bits per heavy atom. The van der Waals surface area contributed by atoms with E-state index in [1.165, 1.54) is 0 Å². The highest BCUT2D eigenvalue weighted by Crippen LogP contribution is 2.09. The fraction of sp³-hybridized carbons (Fsp3) is 1.00. The second-order valence-corrected chi connectivity index (χ2v) is 3.57. The van der Waals surface area contributed by atoms with Gasteiger partial charge >= 0.3 is 0 Å². The Morgan fingerprint density at radius 2 is 2.00 bits per heavy atom. The van der Waals surface area contributed by atoms with Gasteiger partial charge in [0.05, 0.1) is 6.61 Å². The molecule has 0 N–H and O–H groups in total. The highest BCUT2D eigenvalue weighted by molar-refractivity contribution is 14.1. The van der Waals surface area contributed by atoms with Gasteiger partial charge in [-0.3, -0.25) is 0 Å². The summed E-state index contributed by atoms with van der Waals surface area (Å²) in [5.41, 5.74) is 0. The van der Waals surface area contributed by atoms with E-state index in [1.807, 2.05) is 13.8 Å². The van der Waals surface area contributed by atoms with Crippen molar-refractivity contribution in [2.75, 3.05) is 18.1 Å². The normalized spacial score (nSPS) is 12.0. The van der Waals surface area contributed by atoms with Gasteiger partial charge in [0.25, 0.3) is 0 Å². The zero-order chi connectivity index (χ0) is 8.04. The van der Waals surface area contributed by atoms with Crippen molar-refractivity contribution in [3.63, 3.8) is 0 Å². The summed E-state index contributed by atoms with van der Waals surface area (Å²) in [5.74, 6) is -0.411. The quantitative estimate of drug-likeness (QED) is 0.326. The van der Waals surface area contributed by atoms with Crippen LogP contribution in [0.2, 0.25) is 0 Å². The molecule has 0 spiro atoms. The molecule has 0 atom stereocenters. The molecule has 0 saturated heterocycles. The molecule has 0 saturated carbocycles. The lowest BCUT2D eigenvalue weighted by atomic mass is 10.4. The smallest absolute Gasteiger partial charge is 0.162 e. The molecule has 0 unspecified atom stereocenters. The van der Waals surface area contributed by atoms with Gasteiger partial charge in [-0.05, 0) is 20.3 Å². The first-order valence-corrected chi connectivity index (χ1v) is 4.90. The number of hydrogen-bond donors (Lipinski definition) is 0. The predicted octanol–water partition coefficient (Wildman–Crippen LogP) is 2.21. The van der Waals surface area contributed by atoms with Crippen LogP contribution in [0.4, 0.5) is 0 Å². The summed E-state index contributed by atoms with van der Waals surface area (Å²) in [7, 11) is 1.66. The molecule has 62 valence electrons. The van der Waals surface area contributed by atoms with Crippen LogP contribution in [0.5, 0.6) is 0 Å². The number of halogens is 1. The van der Waals surface area contributed by atoms with E-state index in [0.29, 0.717) is 0 Å². The predicted molar refractivity (Wildman–Crippen MR) is 50.5 cm³/mol. The lowest BCUT2D eigenvalue weighted by molar-refractivity contribution is -0.196. The van der Waals surface area contributed by atoms with Crippen LogP contribution < -0.4 is 0 Å². The fourth-order valence-corrected chi connectivity index (χ4v) is 0.743. The van der Waals surface area contributed by atoms with Gasteiger partial charge in [-0.1, -0.05) is 22.6 Å². The molecule has 3 heteroatoms. The van der Waals surface area contributed by atoms with Crippen molar-refractivity contribution in [2.45, 2.75) is 26.1 Å². The van der Waals surface area contributed by atoms with Gasteiger partial charge in [-0.25, -0.2) is 0 Å². The Bertz CT molecular complexity index is 83.7. The highest BCUT2D eigenvalue weighted by atomic mass is 127. The van der Waals surface area contributed by atoms with Crippen molar-refractivity contribution in [3.8, 4) is 0 Å². The molecule has 0 aromatic carbocycles. The molecule has 0 aromatic rings. The number of methoxy groups -OCH3 is 1. The largest absolute Gasteiger partial charge is 0.354 e. The first-order valence-electron chi connectivity index (χ1n) is 3.37. The Labute approximate surface area is 76.4 Å². The number of rotatable bonds is 5. The third-order valence-corrected chi connectivity index (χ3v) is 1.98. The van der Waals surface area contributed by atoms with Crippen LogP contribution in [-0.4, -0.2) is 23.9 Å². The second-order valence-electron chi connectivity index (χ2n) is 2.49. The van der Waals surface area contributed by atoms with Crippen LogP contribution in [0.3, 0.4) is 0 Å². The Balaban J connectivity index is 3.28. The van der Waals surface area contributed by atoms with E-state index in [-0.39, 0.29) is 0 Å². The molecule has 10 heavy (non-hydrogen) atoms. The first kappa shape index (κ1) is 10.7. The minimum absolute atomic E-state index is 0.411. The maximum atomic E-state index is 5.39. The van der Waals surface area contributed by atoms with Gasteiger partial charge in [0, 0.05) is 11.5 Å². The minimum Gasteiger partial charge on any atom is -0.354 e. The van der Waals surface area contributed by atoms with Gasteiger partial charge in [0.1, 0.15) is 0 Å². The van der Waals surface area contributed by atoms with Crippen LogP contribution in [-0.2, 0) is 9.47 Å². The maximum absolute atomic E-state index is 5.39. The van der Waals surface area contributed by atoms with E-state index >= 15 is 0 Å². The summed E-state index contributed by atoms with van der Waals surface area (Å²) >= 11 is 2.33. The molecule has 2 nitrogen and oxygen atoms in total. The Morgan fingerprint density at radius 1 is 1.40 bits per heavy atom. The standard InChI is InChI=1S/C7H15IO2/c1-7(2,9-3)10-6-4-5-8/h4-6H2,1-3H3. The molecule has 0 radical (unpaired) electrons. The Kier molecular flexibility index (Phi) is 5.67. The van der Waals surface area contributed by atoms with Crippen molar-refractivity contribution in [2.24, 2.45) is 0 Å². The molecule has 0 aliphatic carbocycles. The van der Waals surface area contributed by atoms with Crippen LogP contribution in [0.25, 0.3) is 0 Å². The van der Waals surface area contributed by atoms with Crippen molar-refractivity contribution in [3.05, 3.63) is 0 Å². The van der Waals surface area contributed by atoms with Crippen molar-refractivity contribution < 1.29 is 9.47 Å². The van der Waals surface area contributed by atoms with Crippen LogP contribution >= 0.6 is 22.6 Å².